The predicted octanol–water partition coefficient (Wildman–Crippen LogP) is 0.503. The van der Waals surface area contributed by atoms with E-state index in [1.165, 1.54) is 19.1 Å². The van der Waals surface area contributed by atoms with Crippen molar-refractivity contribution in [3.63, 3.8) is 0 Å². The van der Waals surface area contributed by atoms with E-state index in [2.05, 4.69) is 4.98 Å². The van der Waals surface area contributed by atoms with Crippen LogP contribution < -0.4 is 11.4 Å². The summed E-state index contributed by atoms with van der Waals surface area (Å²) in [5.74, 6) is -2.37. The first-order valence-electron chi connectivity index (χ1n) is 10.7. The fraction of sp³-hybridized carbons (Fsp3) is 0.409. The van der Waals surface area contributed by atoms with Gasteiger partial charge in [-0.15, -0.1) is 0 Å². The maximum Gasteiger partial charge on any atom is 0.351 e. The van der Waals surface area contributed by atoms with Crippen molar-refractivity contribution >= 4 is 33.7 Å². The molecular weight excluding hydrogens is 498 g/mol. The van der Waals surface area contributed by atoms with Gasteiger partial charge in [-0.05, 0) is 26.0 Å². The molecule has 194 valence electrons. The summed E-state index contributed by atoms with van der Waals surface area (Å²) in [5, 5.41) is 0. The van der Waals surface area contributed by atoms with Gasteiger partial charge in [0.05, 0.1) is 10.5 Å². The molecule has 1 aliphatic rings. The zero-order valence-corrected chi connectivity index (χ0v) is 20.7. The number of nitrogens with two attached hydrogens (primary N) is 1. The Morgan fingerprint density at radius 3 is 2.28 bits per heavy atom. The van der Waals surface area contributed by atoms with Crippen LogP contribution in [0.25, 0.3) is 0 Å². The summed E-state index contributed by atoms with van der Waals surface area (Å²) < 4.78 is 48.5. The first-order chi connectivity index (χ1) is 16.8. The van der Waals surface area contributed by atoms with Gasteiger partial charge < -0.3 is 19.9 Å². The standard InChI is InChI=1S/C22H25N3O10S/c1-11-5-7-15(8-6-11)36(30,31)35-18-17(10-32-13(3)27)34-21(19(18)33-14(4)28)25-9-16(12(2)26)20(23)24-22(25)29/h5-9,17-19,21H,10H2,1-4H3,(H2,23,24,29)/t17-,18+,19-,21-/m1/s1. The summed E-state index contributed by atoms with van der Waals surface area (Å²) in [4.78, 5) is 51.4. The number of nitrogen functional groups attached to an aromatic ring is 1. The maximum atomic E-state index is 13.0. The third-order valence-electron chi connectivity index (χ3n) is 5.22. The van der Waals surface area contributed by atoms with Crippen molar-refractivity contribution in [2.24, 2.45) is 0 Å². The number of rotatable bonds is 8. The van der Waals surface area contributed by atoms with E-state index in [1.54, 1.807) is 19.1 Å². The number of aryl methyl sites for hydroxylation is 1. The lowest BCUT2D eigenvalue weighted by atomic mass is 10.1. The molecule has 4 atom stereocenters. The number of esters is 2. The molecule has 14 heteroatoms. The monoisotopic (exact) mass is 523 g/mol. The van der Waals surface area contributed by atoms with Gasteiger partial charge in [0.1, 0.15) is 24.6 Å². The largest absolute Gasteiger partial charge is 0.463 e. The minimum absolute atomic E-state index is 0.118. The molecule has 13 nitrogen and oxygen atoms in total. The molecule has 1 fully saturated rings. The second kappa shape index (κ2) is 10.6. The van der Waals surface area contributed by atoms with E-state index in [9.17, 15) is 27.6 Å². The van der Waals surface area contributed by atoms with Crippen LogP contribution in [-0.2, 0) is 38.1 Å². The maximum absolute atomic E-state index is 13.0. The molecule has 0 amide bonds. The number of ether oxygens (including phenoxy) is 3. The van der Waals surface area contributed by atoms with Crippen molar-refractivity contribution in [2.45, 2.75) is 57.1 Å². The molecule has 1 aromatic carbocycles. The van der Waals surface area contributed by atoms with E-state index < -0.39 is 64.7 Å². The van der Waals surface area contributed by atoms with E-state index >= 15 is 0 Å². The van der Waals surface area contributed by atoms with Gasteiger partial charge in [0.25, 0.3) is 10.1 Å². The number of aromatic nitrogens is 2. The van der Waals surface area contributed by atoms with Gasteiger partial charge in [-0.3, -0.25) is 23.1 Å². The number of ketones is 1. The first-order valence-corrected chi connectivity index (χ1v) is 12.1. The highest BCUT2D eigenvalue weighted by atomic mass is 32.2. The number of carbonyl (C=O) groups is 3. The average Bonchev–Trinajstić information content (AvgIpc) is 3.08. The Labute approximate surface area is 206 Å². The fourth-order valence-electron chi connectivity index (χ4n) is 3.54. The SMILES string of the molecule is CC(=O)OC[C@H]1O[C@@H](n2cc(C(C)=O)c(N)nc2=O)[C@H](OC(C)=O)[C@H]1OS(=O)(=O)c1ccc(C)cc1. The van der Waals surface area contributed by atoms with Gasteiger partial charge >= 0.3 is 17.6 Å². The second-order valence-corrected chi connectivity index (χ2v) is 9.63. The molecule has 1 saturated heterocycles. The summed E-state index contributed by atoms with van der Waals surface area (Å²) >= 11 is 0. The van der Waals surface area contributed by atoms with Crippen molar-refractivity contribution < 1.29 is 41.2 Å². The van der Waals surface area contributed by atoms with Crippen LogP contribution in [0.5, 0.6) is 0 Å². The lowest BCUT2D eigenvalue weighted by Crippen LogP contribution is -2.42. The lowest BCUT2D eigenvalue weighted by molar-refractivity contribution is -0.155. The number of hydrogen-bond donors (Lipinski definition) is 1. The van der Waals surface area contributed by atoms with Gasteiger partial charge in [0.2, 0.25) is 0 Å². The van der Waals surface area contributed by atoms with Crippen molar-refractivity contribution in [3.8, 4) is 0 Å². The third-order valence-corrected chi connectivity index (χ3v) is 6.55. The smallest absolute Gasteiger partial charge is 0.351 e. The molecule has 3 rings (SSSR count). The van der Waals surface area contributed by atoms with Crippen LogP contribution in [0.4, 0.5) is 5.82 Å². The number of hydrogen-bond acceptors (Lipinski definition) is 12. The third kappa shape index (κ3) is 5.95. The molecular formula is C22H25N3O10S. The van der Waals surface area contributed by atoms with Crippen LogP contribution in [0.2, 0.25) is 0 Å². The lowest BCUT2D eigenvalue weighted by Gasteiger charge is -2.24. The summed E-state index contributed by atoms with van der Waals surface area (Å²) in [6.45, 7) is 4.67. The van der Waals surface area contributed by atoms with E-state index in [0.717, 1.165) is 30.2 Å². The molecule has 0 saturated carbocycles. The molecule has 1 aliphatic heterocycles. The summed E-state index contributed by atoms with van der Waals surface area (Å²) in [7, 11) is -4.43. The molecule has 0 unspecified atom stereocenters. The summed E-state index contributed by atoms with van der Waals surface area (Å²) in [5.41, 5.74) is 5.39. The van der Waals surface area contributed by atoms with Crippen LogP contribution in [0, 0.1) is 6.92 Å². The Bertz CT molecular complexity index is 1340. The Hall–Kier alpha value is -3.62. The second-order valence-electron chi connectivity index (χ2n) is 8.06. The van der Waals surface area contributed by atoms with Gasteiger partial charge in [-0.2, -0.15) is 13.4 Å². The first kappa shape index (κ1) is 27.0. The molecule has 0 spiro atoms. The molecule has 2 N–H and O–H groups in total. The van der Waals surface area contributed by atoms with Gasteiger partial charge in [-0.1, -0.05) is 17.7 Å². The van der Waals surface area contributed by atoms with Gasteiger partial charge in [0.15, 0.2) is 18.1 Å². The number of benzene rings is 1. The van der Waals surface area contributed by atoms with E-state index in [4.69, 9.17) is 24.1 Å². The molecule has 1 aromatic heterocycles. The van der Waals surface area contributed by atoms with E-state index in [0.29, 0.717) is 0 Å². The minimum atomic E-state index is -4.43. The molecule has 36 heavy (non-hydrogen) atoms. The van der Waals surface area contributed by atoms with Crippen molar-refractivity contribution in [1.29, 1.82) is 0 Å². The Balaban J connectivity index is 2.09. The minimum Gasteiger partial charge on any atom is -0.463 e. The van der Waals surface area contributed by atoms with Crippen LogP contribution in [0.1, 0.15) is 42.9 Å². The predicted molar refractivity (Wildman–Crippen MR) is 122 cm³/mol. The highest BCUT2D eigenvalue weighted by Gasteiger charge is 2.52. The van der Waals surface area contributed by atoms with Crippen molar-refractivity contribution in [1.82, 2.24) is 9.55 Å². The quantitative estimate of drug-likeness (QED) is 0.288. The topological polar surface area (TPSA) is 183 Å². The van der Waals surface area contributed by atoms with Crippen molar-refractivity contribution in [2.75, 3.05) is 12.3 Å². The number of carbonyl (C=O) groups excluding carboxylic acids is 3. The summed E-state index contributed by atoms with van der Waals surface area (Å²) in [6.07, 6.45) is -4.80. The highest BCUT2D eigenvalue weighted by molar-refractivity contribution is 7.86. The molecule has 0 radical (unpaired) electrons. The average molecular weight is 524 g/mol. The molecule has 0 bridgehead atoms. The van der Waals surface area contributed by atoms with E-state index in [-0.39, 0.29) is 16.3 Å². The molecule has 0 aliphatic carbocycles. The Morgan fingerprint density at radius 2 is 1.72 bits per heavy atom. The molecule has 2 aromatic rings. The van der Waals surface area contributed by atoms with Crippen LogP contribution in [0.3, 0.4) is 0 Å². The van der Waals surface area contributed by atoms with Crippen LogP contribution in [-0.4, -0.2) is 60.6 Å². The number of nitrogens with zero attached hydrogens (tertiary/aromatic N) is 2. The number of Topliss-reactive ketones (excluding diaryl/α,β-unsaturated/α-hetero) is 1. The molecule has 2 heterocycles. The zero-order valence-electron chi connectivity index (χ0n) is 19.9. The van der Waals surface area contributed by atoms with Gasteiger partial charge in [-0.25, -0.2) is 4.79 Å². The van der Waals surface area contributed by atoms with Crippen LogP contribution >= 0.6 is 0 Å². The highest BCUT2D eigenvalue weighted by Crippen LogP contribution is 2.35. The van der Waals surface area contributed by atoms with E-state index in [1.807, 2.05) is 0 Å². The Kier molecular flexibility index (Phi) is 7.91. The fourth-order valence-corrected chi connectivity index (χ4v) is 4.65. The van der Waals surface area contributed by atoms with Crippen molar-refractivity contribution in [3.05, 3.63) is 52.1 Å². The van der Waals surface area contributed by atoms with Crippen LogP contribution in [0.15, 0.2) is 40.2 Å². The summed E-state index contributed by atoms with van der Waals surface area (Å²) in [6, 6.07) is 5.78. The zero-order chi connectivity index (χ0) is 26.8. The number of anilines is 1. The van der Waals surface area contributed by atoms with Gasteiger partial charge in [0, 0.05) is 20.0 Å². The Morgan fingerprint density at radius 1 is 1.08 bits per heavy atom. The normalized spacial score (nSPS) is 21.7.